The third-order valence-electron chi connectivity index (χ3n) is 5.27. The zero-order valence-corrected chi connectivity index (χ0v) is 22.1. The summed E-state index contributed by atoms with van der Waals surface area (Å²) < 4.78 is 12.5. The molecule has 4 rings (SSSR count). The van der Waals surface area contributed by atoms with Crippen molar-refractivity contribution in [2.24, 2.45) is 0 Å². The first kappa shape index (κ1) is 26.6. The first-order chi connectivity index (χ1) is 16.3. The average Bonchev–Trinajstić information content (AvgIpc) is 3.43. The first-order valence-electron chi connectivity index (χ1n) is 10.5. The SMILES string of the molecule is COc1cc2nc(N(CCCN(C)C)C(=O)c3cc4cc([N+](=O)[O-])ccc4s3)sc2cc1OC.Cl. The summed E-state index contributed by atoms with van der Waals surface area (Å²) in [5.41, 5.74) is 0.719. The molecular formula is C23H25ClN4O5S2. The highest BCUT2D eigenvalue weighted by atomic mass is 35.5. The molecule has 9 nitrogen and oxygen atoms in total. The van der Waals surface area contributed by atoms with Gasteiger partial charge in [0.2, 0.25) is 0 Å². The van der Waals surface area contributed by atoms with Gasteiger partial charge >= 0.3 is 0 Å². The van der Waals surface area contributed by atoms with Crippen molar-refractivity contribution >= 4 is 72.1 Å². The highest BCUT2D eigenvalue weighted by Crippen LogP contribution is 2.38. The van der Waals surface area contributed by atoms with Gasteiger partial charge in [0.15, 0.2) is 16.6 Å². The molecule has 0 atom stereocenters. The van der Waals surface area contributed by atoms with Gasteiger partial charge in [0, 0.05) is 40.9 Å². The number of non-ortho nitro benzene ring substituents is 1. The van der Waals surface area contributed by atoms with Crippen LogP contribution in [-0.2, 0) is 0 Å². The minimum Gasteiger partial charge on any atom is -0.493 e. The normalized spacial score (nSPS) is 11.0. The van der Waals surface area contributed by atoms with Crippen molar-refractivity contribution in [2.75, 3.05) is 46.3 Å². The molecule has 12 heteroatoms. The average molecular weight is 537 g/mol. The fourth-order valence-corrected chi connectivity index (χ4v) is 5.56. The smallest absolute Gasteiger partial charge is 0.270 e. The van der Waals surface area contributed by atoms with Crippen LogP contribution in [0.3, 0.4) is 0 Å². The van der Waals surface area contributed by atoms with E-state index in [0.29, 0.717) is 33.4 Å². The van der Waals surface area contributed by atoms with E-state index in [2.05, 4.69) is 4.90 Å². The number of methoxy groups -OCH3 is 2. The van der Waals surface area contributed by atoms with Crippen LogP contribution in [0.5, 0.6) is 11.5 Å². The first-order valence-corrected chi connectivity index (χ1v) is 12.1. The molecule has 0 bridgehead atoms. The molecule has 0 radical (unpaired) electrons. The highest BCUT2D eigenvalue weighted by molar-refractivity contribution is 7.23. The number of hydrogen-bond donors (Lipinski definition) is 0. The number of nitrogens with zero attached hydrogens (tertiary/aromatic N) is 4. The minimum atomic E-state index is -0.435. The molecule has 0 aliphatic heterocycles. The van der Waals surface area contributed by atoms with Crippen molar-refractivity contribution in [3.8, 4) is 11.5 Å². The number of nitro groups is 1. The molecule has 2 aromatic heterocycles. The summed E-state index contributed by atoms with van der Waals surface area (Å²) in [6, 6.07) is 10.0. The van der Waals surface area contributed by atoms with Gasteiger partial charge in [0.05, 0.1) is 34.2 Å². The van der Waals surface area contributed by atoms with Gasteiger partial charge in [-0.05, 0) is 39.2 Å². The van der Waals surface area contributed by atoms with Crippen molar-refractivity contribution in [3.05, 3.63) is 51.4 Å². The van der Waals surface area contributed by atoms with E-state index >= 15 is 0 Å². The lowest BCUT2D eigenvalue weighted by atomic mass is 10.2. The van der Waals surface area contributed by atoms with Crippen LogP contribution >= 0.6 is 35.1 Å². The molecule has 0 fully saturated rings. The van der Waals surface area contributed by atoms with Crippen molar-refractivity contribution < 1.29 is 19.2 Å². The number of nitro benzene ring substituents is 1. The van der Waals surface area contributed by atoms with Gasteiger partial charge in [-0.25, -0.2) is 4.98 Å². The maximum atomic E-state index is 13.6. The molecule has 35 heavy (non-hydrogen) atoms. The summed E-state index contributed by atoms with van der Waals surface area (Å²) in [5, 5.41) is 12.4. The van der Waals surface area contributed by atoms with Crippen LogP contribution in [0, 0.1) is 10.1 Å². The van der Waals surface area contributed by atoms with Gasteiger partial charge in [0.1, 0.15) is 0 Å². The number of halogens is 1. The summed E-state index contributed by atoms with van der Waals surface area (Å²) in [7, 11) is 7.12. The van der Waals surface area contributed by atoms with Gasteiger partial charge in [-0.2, -0.15) is 0 Å². The maximum absolute atomic E-state index is 13.6. The largest absolute Gasteiger partial charge is 0.493 e. The number of thiazole rings is 1. The second-order valence-electron chi connectivity index (χ2n) is 7.87. The summed E-state index contributed by atoms with van der Waals surface area (Å²) in [6.07, 6.45) is 0.762. The van der Waals surface area contributed by atoms with E-state index in [4.69, 9.17) is 14.5 Å². The Morgan fingerprint density at radius 3 is 2.40 bits per heavy atom. The standard InChI is InChI=1S/C23H24N4O5S2.ClH/c1-25(2)8-5-9-26(23-24-16-12-17(31-3)18(32-4)13-20(16)34-23)22(28)21-11-14-10-15(27(29)30)6-7-19(14)33-21;/h6-7,10-13H,5,8-9H2,1-4H3;1H. The predicted octanol–water partition coefficient (Wildman–Crippen LogP) is 5.46. The second kappa shape index (κ2) is 11.2. The Labute approximate surface area is 216 Å². The molecule has 0 N–H and O–H groups in total. The van der Waals surface area contributed by atoms with Gasteiger partial charge in [0.25, 0.3) is 11.6 Å². The molecule has 0 aliphatic rings. The number of hydrogen-bond acceptors (Lipinski definition) is 9. The third kappa shape index (κ3) is 5.64. The van der Waals surface area contributed by atoms with Crippen LogP contribution in [0.25, 0.3) is 20.3 Å². The fourth-order valence-electron chi connectivity index (χ4n) is 3.57. The van der Waals surface area contributed by atoms with Gasteiger partial charge in [-0.3, -0.25) is 19.8 Å². The number of rotatable bonds is 9. The van der Waals surface area contributed by atoms with E-state index in [1.807, 2.05) is 20.2 Å². The molecule has 0 saturated carbocycles. The van der Waals surface area contributed by atoms with E-state index in [-0.39, 0.29) is 24.0 Å². The van der Waals surface area contributed by atoms with Crippen molar-refractivity contribution in [3.63, 3.8) is 0 Å². The van der Waals surface area contributed by atoms with Gasteiger partial charge < -0.3 is 14.4 Å². The second-order valence-corrected chi connectivity index (χ2v) is 9.97. The van der Waals surface area contributed by atoms with Crippen LogP contribution in [-0.4, -0.2) is 62.1 Å². The van der Waals surface area contributed by atoms with Crippen molar-refractivity contribution in [1.82, 2.24) is 9.88 Å². The number of ether oxygens (including phenoxy) is 2. The number of anilines is 1. The molecule has 2 aromatic carbocycles. The molecular weight excluding hydrogens is 512 g/mol. The molecule has 0 aliphatic carbocycles. The Morgan fingerprint density at radius 2 is 1.74 bits per heavy atom. The topological polar surface area (TPSA) is 98.0 Å². The number of fused-ring (bicyclic) bond motifs is 2. The number of benzene rings is 2. The summed E-state index contributed by atoms with van der Waals surface area (Å²) in [6.45, 7) is 1.30. The predicted molar refractivity (Wildman–Crippen MR) is 143 cm³/mol. The molecule has 0 saturated heterocycles. The monoisotopic (exact) mass is 536 g/mol. The zero-order valence-electron chi connectivity index (χ0n) is 19.6. The lowest BCUT2D eigenvalue weighted by molar-refractivity contribution is -0.384. The Balaban J connectivity index is 0.00000342. The van der Waals surface area contributed by atoms with Crippen LogP contribution in [0.15, 0.2) is 36.4 Å². The number of carbonyl (C=O) groups excluding carboxylic acids is 1. The summed E-state index contributed by atoms with van der Waals surface area (Å²) in [5.74, 6) is 0.991. The molecule has 0 spiro atoms. The Morgan fingerprint density at radius 1 is 1.03 bits per heavy atom. The van der Waals surface area contributed by atoms with Crippen molar-refractivity contribution in [1.29, 1.82) is 0 Å². The van der Waals surface area contributed by atoms with Crippen LogP contribution in [0.4, 0.5) is 10.8 Å². The van der Waals surface area contributed by atoms with E-state index in [0.717, 1.165) is 27.9 Å². The summed E-state index contributed by atoms with van der Waals surface area (Å²) >= 11 is 2.73. The lowest BCUT2D eigenvalue weighted by Gasteiger charge is -2.20. The van der Waals surface area contributed by atoms with Gasteiger partial charge in [-0.15, -0.1) is 23.7 Å². The molecule has 2 heterocycles. The van der Waals surface area contributed by atoms with Crippen LogP contribution in [0.1, 0.15) is 16.1 Å². The minimum absolute atomic E-state index is 0. The van der Waals surface area contributed by atoms with Crippen LogP contribution in [0.2, 0.25) is 0 Å². The number of amides is 1. The number of thiophene rings is 1. The zero-order chi connectivity index (χ0) is 24.4. The van der Waals surface area contributed by atoms with E-state index in [1.165, 1.54) is 34.8 Å². The maximum Gasteiger partial charge on any atom is 0.270 e. The molecule has 4 aromatic rings. The van der Waals surface area contributed by atoms with Crippen molar-refractivity contribution in [2.45, 2.75) is 6.42 Å². The van der Waals surface area contributed by atoms with E-state index in [9.17, 15) is 14.9 Å². The van der Waals surface area contributed by atoms with E-state index in [1.54, 1.807) is 37.3 Å². The summed E-state index contributed by atoms with van der Waals surface area (Å²) in [4.78, 5) is 33.3. The molecule has 0 unspecified atom stereocenters. The lowest BCUT2D eigenvalue weighted by Crippen LogP contribution is -2.32. The van der Waals surface area contributed by atoms with Crippen LogP contribution < -0.4 is 14.4 Å². The van der Waals surface area contributed by atoms with E-state index < -0.39 is 4.92 Å². The molecule has 186 valence electrons. The fraction of sp³-hybridized carbons (Fsp3) is 0.304. The highest BCUT2D eigenvalue weighted by Gasteiger charge is 2.24. The number of carbonyl (C=O) groups is 1. The quantitative estimate of drug-likeness (QED) is 0.207. The Bertz CT molecular complexity index is 1330. The molecule has 1 amide bonds. The third-order valence-corrected chi connectivity index (χ3v) is 7.41. The Hall–Kier alpha value is -2.99. The van der Waals surface area contributed by atoms with Gasteiger partial charge in [-0.1, -0.05) is 11.3 Å². The number of aromatic nitrogens is 1. The Kier molecular flexibility index (Phi) is 8.49.